The van der Waals surface area contributed by atoms with Crippen LogP contribution in [0.25, 0.3) is 10.8 Å². The largest absolute Gasteiger partial charge is 0.464 e. The van der Waals surface area contributed by atoms with Crippen LogP contribution in [0.15, 0.2) is 53.2 Å². The number of carbonyl (C=O) groups is 1. The predicted molar refractivity (Wildman–Crippen MR) is 97.2 cm³/mol. The van der Waals surface area contributed by atoms with E-state index in [9.17, 15) is 4.79 Å². The van der Waals surface area contributed by atoms with Gasteiger partial charge in [-0.3, -0.25) is 9.78 Å². The molecule has 1 saturated heterocycles. The topological polar surface area (TPSA) is 46.3 Å². The summed E-state index contributed by atoms with van der Waals surface area (Å²) in [6, 6.07) is 12.2. The van der Waals surface area contributed by atoms with E-state index < -0.39 is 0 Å². The number of pyridine rings is 1. The maximum Gasteiger partial charge on any atom is 0.227 e. The average Bonchev–Trinajstić information content (AvgIpc) is 3.31. The van der Waals surface area contributed by atoms with Crippen LogP contribution >= 0.6 is 0 Å². The maximum absolute atomic E-state index is 13.0. The Bertz CT molecular complexity index is 894. The van der Waals surface area contributed by atoms with Crippen molar-refractivity contribution in [1.29, 1.82) is 0 Å². The third kappa shape index (κ3) is 3.04. The summed E-state index contributed by atoms with van der Waals surface area (Å²) in [5, 5.41) is 2.18. The highest BCUT2D eigenvalue weighted by Gasteiger charge is 2.32. The summed E-state index contributed by atoms with van der Waals surface area (Å²) in [5.74, 6) is 2.04. The van der Waals surface area contributed by atoms with Crippen LogP contribution in [0.4, 0.5) is 0 Å². The quantitative estimate of drug-likeness (QED) is 0.715. The number of likely N-dealkylation sites (tertiary alicyclic amines) is 1. The van der Waals surface area contributed by atoms with E-state index in [0.29, 0.717) is 6.42 Å². The van der Waals surface area contributed by atoms with Gasteiger partial charge in [-0.05, 0) is 35.9 Å². The lowest BCUT2D eigenvalue weighted by atomic mass is 10.0. The minimum atomic E-state index is 0.0655. The van der Waals surface area contributed by atoms with Crippen molar-refractivity contribution in [2.45, 2.75) is 38.6 Å². The highest BCUT2D eigenvalue weighted by Crippen LogP contribution is 2.33. The zero-order chi connectivity index (χ0) is 17.2. The molecule has 1 aliphatic rings. The van der Waals surface area contributed by atoms with Crippen LogP contribution < -0.4 is 0 Å². The van der Waals surface area contributed by atoms with Gasteiger partial charge in [0.25, 0.3) is 0 Å². The molecular weight excluding hydrogens is 312 g/mol. The Morgan fingerprint density at radius 2 is 2.12 bits per heavy atom. The van der Waals surface area contributed by atoms with Gasteiger partial charge in [-0.2, -0.15) is 0 Å². The van der Waals surface area contributed by atoms with Crippen LogP contribution in [0.2, 0.25) is 0 Å². The van der Waals surface area contributed by atoms with Gasteiger partial charge in [-0.1, -0.05) is 31.2 Å². The standard InChI is InChI=1S/C21H22N2O2/c1-2-17-9-10-20(25-17)19-8-5-11-23(19)21(24)12-16-14-22-13-15-6-3-4-7-18(15)16/h3-4,6-7,9-10,13-14,19H,2,5,8,11-12H2,1H3. The number of benzene rings is 1. The van der Waals surface area contributed by atoms with Gasteiger partial charge in [0, 0.05) is 30.7 Å². The van der Waals surface area contributed by atoms with Crippen molar-refractivity contribution < 1.29 is 9.21 Å². The Morgan fingerprint density at radius 3 is 2.96 bits per heavy atom. The highest BCUT2D eigenvalue weighted by atomic mass is 16.3. The molecule has 1 fully saturated rings. The number of rotatable bonds is 4. The smallest absolute Gasteiger partial charge is 0.227 e. The molecule has 1 atom stereocenters. The first-order valence-electron chi connectivity index (χ1n) is 8.96. The van der Waals surface area contributed by atoms with Gasteiger partial charge in [0.2, 0.25) is 5.91 Å². The van der Waals surface area contributed by atoms with Crippen LogP contribution in [0, 0.1) is 0 Å². The molecule has 1 aromatic carbocycles. The number of fused-ring (bicyclic) bond motifs is 1. The Kier molecular flexibility index (Phi) is 4.26. The van der Waals surface area contributed by atoms with Gasteiger partial charge < -0.3 is 9.32 Å². The van der Waals surface area contributed by atoms with Gasteiger partial charge in [0.05, 0.1) is 12.5 Å². The summed E-state index contributed by atoms with van der Waals surface area (Å²) < 4.78 is 5.91. The molecule has 0 radical (unpaired) electrons. The van der Waals surface area contributed by atoms with E-state index in [0.717, 1.165) is 53.7 Å². The van der Waals surface area contributed by atoms with Gasteiger partial charge in [0.1, 0.15) is 11.5 Å². The van der Waals surface area contributed by atoms with Crippen molar-refractivity contribution in [3.05, 3.63) is 65.9 Å². The normalized spacial score (nSPS) is 17.3. The van der Waals surface area contributed by atoms with Crippen LogP contribution in [0.1, 0.15) is 42.9 Å². The van der Waals surface area contributed by atoms with Gasteiger partial charge in [0.15, 0.2) is 0 Å². The molecule has 0 saturated carbocycles. The summed E-state index contributed by atoms with van der Waals surface area (Å²) in [5.41, 5.74) is 0.988. The van der Waals surface area contributed by atoms with E-state index >= 15 is 0 Å². The summed E-state index contributed by atoms with van der Waals surface area (Å²) in [7, 11) is 0. The molecule has 1 amide bonds. The summed E-state index contributed by atoms with van der Waals surface area (Å²) in [4.78, 5) is 19.2. The molecule has 1 aliphatic heterocycles. The molecule has 2 aromatic heterocycles. The first-order chi connectivity index (χ1) is 12.3. The maximum atomic E-state index is 13.0. The van der Waals surface area contributed by atoms with Crippen molar-refractivity contribution >= 4 is 16.7 Å². The molecule has 3 aromatic rings. The fourth-order valence-corrected chi connectivity index (χ4v) is 3.71. The number of furan rings is 1. The van der Waals surface area contributed by atoms with Crippen molar-refractivity contribution in [3.8, 4) is 0 Å². The number of aromatic nitrogens is 1. The predicted octanol–water partition coefficient (Wildman–Crippen LogP) is 4.30. The van der Waals surface area contributed by atoms with E-state index in [1.807, 2.05) is 47.6 Å². The fraction of sp³-hybridized carbons (Fsp3) is 0.333. The van der Waals surface area contributed by atoms with Gasteiger partial charge in [-0.15, -0.1) is 0 Å². The Morgan fingerprint density at radius 1 is 1.24 bits per heavy atom. The second-order valence-corrected chi connectivity index (χ2v) is 6.60. The molecule has 25 heavy (non-hydrogen) atoms. The van der Waals surface area contributed by atoms with Crippen LogP contribution in [0.5, 0.6) is 0 Å². The van der Waals surface area contributed by atoms with E-state index in [1.54, 1.807) is 0 Å². The second-order valence-electron chi connectivity index (χ2n) is 6.60. The molecule has 4 rings (SSSR count). The Labute approximate surface area is 147 Å². The lowest BCUT2D eigenvalue weighted by molar-refractivity contribution is -0.131. The van der Waals surface area contributed by atoms with Crippen molar-refractivity contribution in [2.75, 3.05) is 6.54 Å². The Balaban J connectivity index is 1.57. The summed E-state index contributed by atoms with van der Waals surface area (Å²) in [6.07, 6.45) is 6.90. The number of aryl methyl sites for hydroxylation is 1. The van der Waals surface area contributed by atoms with Gasteiger partial charge >= 0.3 is 0 Å². The number of nitrogens with zero attached hydrogens (tertiary/aromatic N) is 2. The minimum Gasteiger partial charge on any atom is -0.464 e. The molecule has 128 valence electrons. The second kappa shape index (κ2) is 6.71. The molecule has 4 nitrogen and oxygen atoms in total. The van der Waals surface area contributed by atoms with Crippen LogP contribution in [-0.2, 0) is 17.6 Å². The number of amides is 1. The van der Waals surface area contributed by atoms with E-state index in [-0.39, 0.29) is 11.9 Å². The number of hydrogen-bond acceptors (Lipinski definition) is 3. The lowest BCUT2D eigenvalue weighted by Gasteiger charge is -2.23. The lowest BCUT2D eigenvalue weighted by Crippen LogP contribution is -2.31. The molecule has 0 N–H and O–H groups in total. The first kappa shape index (κ1) is 15.9. The number of carbonyl (C=O) groups excluding carboxylic acids is 1. The van der Waals surface area contributed by atoms with E-state index in [4.69, 9.17) is 4.42 Å². The minimum absolute atomic E-state index is 0.0655. The van der Waals surface area contributed by atoms with Gasteiger partial charge in [-0.25, -0.2) is 0 Å². The third-order valence-corrected chi connectivity index (χ3v) is 5.02. The SMILES string of the molecule is CCc1ccc(C2CCCN2C(=O)Cc2cncc3ccccc23)o1. The highest BCUT2D eigenvalue weighted by molar-refractivity contribution is 5.89. The summed E-state index contributed by atoms with van der Waals surface area (Å²) in [6.45, 7) is 2.87. The van der Waals surface area contributed by atoms with Crippen LogP contribution in [0.3, 0.4) is 0 Å². The van der Waals surface area contributed by atoms with Crippen molar-refractivity contribution in [1.82, 2.24) is 9.88 Å². The molecule has 0 aliphatic carbocycles. The van der Waals surface area contributed by atoms with Crippen LogP contribution in [-0.4, -0.2) is 22.3 Å². The molecule has 3 heterocycles. The first-order valence-corrected chi connectivity index (χ1v) is 8.96. The Hall–Kier alpha value is -2.62. The van der Waals surface area contributed by atoms with Crippen molar-refractivity contribution in [2.24, 2.45) is 0 Å². The van der Waals surface area contributed by atoms with E-state index in [2.05, 4.69) is 18.0 Å². The fourth-order valence-electron chi connectivity index (χ4n) is 3.71. The summed E-state index contributed by atoms with van der Waals surface area (Å²) >= 11 is 0. The molecule has 4 heteroatoms. The molecular formula is C21H22N2O2. The number of hydrogen-bond donors (Lipinski definition) is 0. The molecule has 0 bridgehead atoms. The third-order valence-electron chi connectivity index (χ3n) is 5.02. The average molecular weight is 334 g/mol. The molecule has 1 unspecified atom stereocenters. The zero-order valence-electron chi connectivity index (χ0n) is 14.4. The molecule has 0 spiro atoms. The van der Waals surface area contributed by atoms with Crippen molar-refractivity contribution in [3.63, 3.8) is 0 Å². The monoisotopic (exact) mass is 334 g/mol. The zero-order valence-corrected chi connectivity index (χ0v) is 14.4. The van der Waals surface area contributed by atoms with E-state index in [1.165, 1.54) is 0 Å².